The fraction of sp³-hybridized carbons (Fsp3) is 0.357. The number of nitrogens with zero attached hydrogens (tertiary/aromatic N) is 5. The summed E-state index contributed by atoms with van der Waals surface area (Å²) in [5.41, 5.74) is 0.763. The normalized spacial score (nSPS) is 10.5. The molecule has 0 unspecified atom stereocenters. The number of para-hydroxylation sites is 1. The molecule has 0 N–H and O–H groups in total. The summed E-state index contributed by atoms with van der Waals surface area (Å²) < 4.78 is 6.21. The van der Waals surface area contributed by atoms with Crippen LogP contribution < -0.4 is 4.90 Å². The Morgan fingerprint density at radius 3 is 2.59 bits per heavy atom. The molecule has 2 aromatic rings. The van der Waals surface area contributed by atoms with Crippen LogP contribution >= 0.6 is 0 Å². The molecule has 8 nitrogen and oxygen atoms in total. The zero-order valence-corrected chi connectivity index (χ0v) is 12.4. The standard InChI is InChI=1S/C14H17N5O3/c1-11(2)19(12-6-4-3-5-7-12)13(20)9-22-14(21)8-18-10-15-16-17-18/h3-7,10-11H,8-9H2,1-2H3. The summed E-state index contributed by atoms with van der Waals surface area (Å²) in [6.07, 6.45) is 1.30. The molecule has 2 rings (SSSR count). The highest BCUT2D eigenvalue weighted by Gasteiger charge is 2.20. The number of aromatic nitrogens is 4. The van der Waals surface area contributed by atoms with Crippen molar-refractivity contribution in [3.8, 4) is 0 Å². The van der Waals surface area contributed by atoms with Crippen LogP contribution in [0, 0.1) is 0 Å². The molecule has 0 radical (unpaired) electrons. The van der Waals surface area contributed by atoms with Crippen molar-refractivity contribution >= 4 is 17.6 Å². The second-order valence-electron chi connectivity index (χ2n) is 4.86. The van der Waals surface area contributed by atoms with Crippen molar-refractivity contribution < 1.29 is 14.3 Å². The van der Waals surface area contributed by atoms with E-state index < -0.39 is 5.97 Å². The molecule has 1 aromatic heterocycles. The van der Waals surface area contributed by atoms with Crippen LogP contribution in [-0.4, -0.2) is 44.7 Å². The van der Waals surface area contributed by atoms with Crippen LogP contribution in [-0.2, 0) is 20.9 Å². The minimum atomic E-state index is -0.572. The van der Waals surface area contributed by atoms with Gasteiger partial charge in [-0.1, -0.05) is 18.2 Å². The van der Waals surface area contributed by atoms with Gasteiger partial charge in [-0.05, 0) is 36.4 Å². The summed E-state index contributed by atoms with van der Waals surface area (Å²) in [4.78, 5) is 25.5. The van der Waals surface area contributed by atoms with E-state index in [1.807, 2.05) is 44.2 Å². The van der Waals surface area contributed by atoms with E-state index in [2.05, 4.69) is 15.5 Å². The zero-order valence-electron chi connectivity index (χ0n) is 12.4. The molecule has 8 heteroatoms. The van der Waals surface area contributed by atoms with Gasteiger partial charge in [-0.15, -0.1) is 5.10 Å². The van der Waals surface area contributed by atoms with Gasteiger partial charge >= 0.3 is 5.97 Å². The smallest absolute Gasteiger partial charge is 0.328 e. The highest BCUT2D eigenvalue weighted by Crippen LogP contribution is 2.16. The van der Waals surface area contributed by atoms with Crippen LogP contribution in [0.3, 0.4) is 0 Å². The number of hydrogen-bond donors (Lipinski definition) is 0. The van der Waals surface area contributed by atoms with Gasteiger partial charge in [0, 0.05) is 11.7 Å². The average molecular weight is 303 g/mol. The average Bonchev–Trinajstić information content (AvgIpc) is 2.99. The van der Waals surface area contributed by atoms with Gasteiger partial charge in [0.2, 0.25) is 0 Å². The maximum atomic E-state index is 12.3. The highest BCUT2D eigenvalue weighted by atomic mass is 16.5. The fourth-order valence-electron chi connectivity index (χ4n) is 1.96. The second-order valence-corrected chi connectivity index (χ2v) is 4.86. The van der Waals surface area contributed by atoms with Crippen molar-refractivity contribution in [1.29, 1.82) is 0 Å². The van der Waals surface area contributed by atoms with Crippen molar-refractivity contribution in [2.45, 2.75) is 26.4 Å². The van der Waals surface area contributed by atoms with Gasteiger partial charge in [0.05, 0.1) is 0 Å². The van der Waals surface area contributed by atoms with Gasteiger partial charge in [-0.25, -0.2) is 4.68 Å². The van der Waals surface area contributed by atoms with Gasteiger partial charge in [0.1, 0.15) is 12.9 Å². The van der Waals surface area contributed by atoms with Gasteiger partial charge in [-0.2, -0.15) is 0 Å². The monoisotopic (exact) mass is 303 g/mol. The summed E-state index contributed by atoms with van der Waals surface area (Å²) >= 11 is 0. The van der Waals surface area contributed by atoms with E-state index in [0.29, 0.717) is 0 Å². The lowest BCUT2D eigenvalue weighted by molar-refractivity contribution is -0.148. The van der Waals surface area contributed by atoms with Crippen LogP contribution in [0.1, 0.15) is 13.8 Å². The maximum Gasteiger partial charge on any atom is 0.328 e. The predicted molar refractivity (Wildman–Crippen MR) is 77.8 cm³/mol. The molecule has 0 saturated heterocycles. The molecular formula is C14H17N5O3. The molecule has 0 spiro atoms. The minimum absolute atomic E-state index is 0.0480. The first-order valence-electron chi connectivity index (χ1n) is 6.81. The lowest BCUT2D eigenvalue weighted by Crippen LogP contribution is -2.40. The van der Waals surface area contributed by atoms with Crippen LogP contribution in [0.4, 0.5) is 5.69 Å². The van der Waals surface area contributed by atoms with Crippen molar-refractivity contribution in [2.24, 2.45) is 0 Å². The number of ether oxygens (including phenoxy) is 1. The summed E-state index contributed by atoms with van der Waals surface area (Å²) in [5.74, 6) is -0.858. The molecule has 0 aliphatic heterocycles. The third kappa shape index (κ3) is 4.11. The van der Waals surface area contributed by atoms with E-state index in [0.717, 1.165) is 5.69 Å². The summed E-state index contributed by atoms with van der Waals surface area (Å²) in [6.45, 7) is 3.34. The molecular weight excluding hydrogens is 286 g/mol. The maximum absolute atomic E-state index is 12.3. The van der Waals surface area contributed by atoms with E-state index in [1.54, 1.807) is 4.90 Å². The first-order chi connectivity index (χ1) is 10.6. The molecule has 116 valence electrons. The lowest BCUT2D eigenvalue weighted by atomic mass is 10.2. The fourth-order valence-corrected chi connectivity index (χ4v) is 1.96. The number of anilines is 1. The third-order valence-electron chi connectivity index (χ3n) is 2.86. The molecule has 0 atom stereocenters. The number of esters is 1. The second kappa shape index (κ2) is 7.30. The zero-order chi connectivity index (χ0) is 15.9. The van der Waals surface area contributed by atoms with Gasteiger partial charge in [0.25, 0.3) is 5.91 Å². The summed E-state index contributed by atoms with van der Waals surface area (Å²) in [6, 6.07) is 9.19. The number of hydrogen-bond acceptors (Lipinski definition) is 6. The van der Waals surface area contributed by atoms with E-state index in [1.165, 1.54) is 11.0 Å². The minimum Gasteiger partial charge on any atom is -0.454 e. The van der Waals surface area contributed by atoms with Crippen LogP contribution in [0.2, 0.25) is 0 Å². The van der Waals surface area contributed by atoms with Gasteiger partial charge < -0.3 is 9.64 Å². The molecule has 0 bridgehead atoms. The Labute approximate surface area is 127 Å². The van der Waals surface area contributed by atoms with Crippen LogP contribution in [0.15, 0.2) is 36.7 Å². The quantitative estimate of drug-likeness (QED) is 0.728. The van der Waals surface area contributed by atoms with Crippen molar-refractivity contribution in [3.05, 3.63) is 36.7 Å². The number of rotatable bonds is 6. The molecule has 0 fully saturated rings. The number of benzene rings is 1. The van der Waals surface area contributed by atoms with Gasteiger partial charge in [0.15, 0.2) is 6.61 Å². The van der Waals surface area contributed by atoms with E-state index in [9.17, 15) is 9.59 Å². The Bertz CT molecular complexity index is 613. The molecule has 1 amide bonds. The summed E-state index contributed by atoms with van der Waals surface area (Å²) in [7, 11) is 0. The van der Waals surface area contributed by atoms with Gasteiger partial charge in [-0.3, -0.25) is 9.59 Å². The van der Waals surface area contributed by atoms with E-state index >= 15 is 0 Å². The van der Waals surface area contributed by atoms with Crippen molar-refractivity contribution in [2.75, 3.05) is 11.5 Å². The Morgan fingerprint density at radius 2 is 2.00 bits per heavy atom. The van der Waals surface area contributed by atoms with Crippen molar-refractivity contribution in [1.82, 2.24) is 20.2 Å². The number of carbonyl (C=O) groups is 2. The Morgan fingerprint density at radius 1 is 1.27 bits per heavy atom. The van der Waals surface area contributed by atoms with Crippen molar-refractivity contribution in [3.63, 3.8) is 0 Å². The largest absolute Gasteiger partial charge is 0.454 e. The SMILES string of the molecule is CC(C)N(C(=O)COC(=O)Cn1cnnn1)c1ccccc1. The van der Waals surface area contributed by atoms with E-state index in [4.69, 9.17) is 4.74 Å². The lowest BCUT2D eigenvalue weighted by Gasteiger charge is -2.26. The summed E-state index contributed by atoms with van der Waals surface area (Å²) in [5, 5.41) is 10.4. The van der Waals surface area contributed by atoms with Crippen LogP contribution in [0.5, 0.6) is 0 Å². The third-order valence-corrected chi connectivity index (χ3v) is 2.86. The molecule has 0 aliphatic carbocycles. The Kier molecular flexibility index (Phi) is 5.18. The topological polar surface area (TPSA) is 90.2 Å². The highest BCUT2D eigenvalue weighted by molar-refractivity contribution is 5.95. The number of tetrazole rings is 1. The first-order valence-corrected chi connectivity index (χ1v) is 6.81. The molecule has 0 saturated carbocycles. The molecule has 1 heterocycles. The molecule has 22 heavy (non-hydrogen) atoms. The predicted octanol–water partition coefficient (Wildman–Crippen LogP) is 0.658. The Balaban J connectivity index is 1.93. The number of amides is 1. The molecule has 1 aromatic carbocycles. The first kappa shape index (κ1) is 15.6. The van der Waals surface area contributed by atoms with Crippen LogP contribution in [0.25, 0.3) is 0 Å². The molecule has 0 aliphatic rings. The Hall–Kier alpha value is -2.77. The number of carbonyl (C=O) groups excluding carboxylic acids is 2. The van der Waals surface area contributed by atoms with E-state index in [-0.39, 0.29) is 25.1 Å².